The lowest BCUT2D eigenvalue weighted by molar-refractivity contribution is -0.153. The Morgan fingerprint density at radius 3 is 2.06 bits per heavy atom. The lowest BCUT2D eigenvalue weighted by atomic mass is 10.0. The molecule has 0 spiro atoms. The first-order valence-corrected chi connectivity index (χ1v) is 4.46. The van der Waals surface area contributed by atoms with Crippen molar-refractivity contribution in [2.24, 2.45) is 0 Å². The van der Waals surface area contributed by atoms with Gasteiger partial charge in [-0.3, -0.25) is 4.79 Å². The Balaban J connectivity index is 4.78. The largest absolute Gasteiger partial charge is 0.479 e. The Morgan fingerprint density at radius 1 is 1.25 bits per heavy atom. The van der Waals surface area contributed by atoms with Crippen LogP contribution in [0.15, 0.2) is 0 Å². The summed E-state index contributed by atoms with van der Waals surface area (Å²) in [6, 6.07) is -1.60. The third-order valence-corrected chi connectivity index (χ3v) is 1.91. The molecule has 6 N–H and O–H groups in total. The molecule has 0 aromatic heterocycles. The van der Waals surface area contributed by atoms with E-state index in [0.717, 1.165) is 6.92 Å². The van der Waals surface area contributed by atoms with Gasteiger partial charge >= 0.3 is 5.97 Å². The van der Waals surface area contributed by atoms with E-state index in [4.69, 9.17) is 15.3 Å². The summed E-state index contributed by atoms with van der Waals surface area (Å²) < 4.78 is 0. The molecule has 94 valence electrons. The predicted molar refractivity (Wildman–Crippen MR) is 50.3 cm³/mol. The Hall–Kier alpha value is -1.22. The smallest absolute Gasteiger partial charge is 0.334 e. The summed E-state index contributed by atoms with van der Waals surface area (Å²) in [5, 5.41) is 46.7. The van der Waals surface area contributed by atoms with Crippen LogP contribution in [0.4, 0.5) is 0 Å². The zero-order chi connectivity index (χ0) is 12.9. The van der Waals surface area contributed by atoms with Crippen LogP contribution < -0.4 is 5.32 Å². The molecule has 0 radical (unpaired) electrons. The van der Waals surface area contributed by atoms with Gasteiger partial charge in [0.1, 0.15) is 12.2 Å². The maximum atomic E-state index is 10.7. The minimum atomic E-state index is -2.08. The zero-order valence-corrected chi connectivity index (χ0v) is 8.57. The van der Waals surface area contributed by atoms with Crippen molar-refractivity contribution in [1.82, 2.24) is 5.32 Å². The first-order chi connectivity index (χ1) is 7.31. The number of carboxylic acid groups (broad SMARTS) is 1. The predicted octanol–water partition coefficient (Wildman–Crippen LogP) is -3.35. The maximum Gasteiger partial charge on any atom is 0.334 e. The van der Waals surface area contributed by atoms with Crippen LogP contribution >= 0.6 is 0 Å². The molecular formula is C8H15NO7. The quantitative estimate of drug-likeness (QED) is 0.283. The van der Waals surface area contributed by atoms with Gasteiger partial charge < -0.3 is 30.8 Å². The highest BCUT2D eigenvalue weighted by atomic mass is 16.4. The molecule has 0 fully saturated rings. The number of carbonyl (C=O) groups is 2. The Labute approximate surface area is 91.1 Å². The van der Waals surface area contributed by atoms with Crippen molar-refractivity contribution in [2.75, 3.05) is 6.61 Å². The minimum absolute atomic E-state index is 0.686. The van der Waals surface area contributed by atoms with Crippen LogP contribution in [0.1, 0.15) is 6.92 Å². The minimum Gasteiger partial charge on any atom is -0.479 e. The van der Waals surface area contributed by atoms with Crippen molar-refractivity contribution in [3.8, 4) is 0 Å². The van der Waals surface area contributed by atoms with Gasteiger partial charge in [0.2, 0.25) is 5.91 Å². The van der Waals surface area contributed by atoms with Gasteiger partial charge in [0, 0.05) is 6.92 Å². The van der Waals surface area contributed by atoms with Gasteiger partial charge in [-0.1, -0.05) is 0 Å². The summed E-state index contributed by atoms with van der Waals surface area (Å²) in [7, 11) is 0. The van der Waals surface area contributed by atoms with Gasteiger partial charge in [0.05, 0.1) is 12.6 Å². The van der Waals surface area contributed by atoms with E-state index >= 15 is 0 Å². The maximum absolute atomic E-state index is 10.7. The third-order valence-electron chi connectivity index (χ3n) is 1.91. The number of nitrogens with one attached hydrogen (secondary N) is 1. The molecule has 8 nitrogen and oxygen atoms in total. The lowest BCUT2D eigenvalue weighted by Gasteiger charge is -2.28. The molecule has 0 unspecified atom stereocenters. The Morgan fingerprint density at radius 2 is 1.75 bits per heavy atom. The van der Waals surface area contributed by atoms with E-state index < -0.39 is 42.8 Å². The third kappa shape index (κ3) is 4.11. The normalized spacial score (nSPS) is 18.3. The van der Waals surface area contributed by atoms with Crippen LogP contribution in [0.2, 0.25) is 0 Å². The molecule has 0 bridgehead atoms. The van der Waals surface area contributed by atoms with Gasteiger partial charge in [0.15, 0.2) is 6.10 Å². The van der Waals surface area contributed by atoms with Gasteiger partial charge in [0.25, 0.3) is 0 Å². The highest BCUT2D eigenvalue weighted by Crippen LogP contribution is 2.05. The summed E-state index contributed by atoms with van der Waals surface area (Å²) in [4.78, 5) is 21.2. The summed E-state index contributed by atoms with van der Waals surface area (Å²) in [5.74, 6) is -2.35. The van der Waals surface area contributed by atoms with Crippen LogP contribution in [0.25, 0.3) is 0 Å². The average Bonchev–Trinajstić information content (AvgIpc) is 2.22. The Bertz CT molecular complexity index is 257. The van der Waals surface area contributed by atoms with E-state index in [0.29, 0.717) is 0 Å². The number of hydrogen-bond acceptors (Lipinski definition) is 6. The molecular weight excluding hydrogens is 222 g/mol. The van der Waals surface area contributed by atoms with Crippen LogP contribution in [0.3, 0.4) is 0 Å². The van der Waals surface area contributed by atoms with E-state index in [-0.39, 0.29) is 0 Å². The van der Waals surface area contributed by atoms with Crippen molar-refractivity contribution < 1.29 is 35.1 Å². The first-order valence-electron chi connectivity index (χ1n) is 4.46. The molecule has 0 rings (SSSR count). The van der Waals surface area contributed by atoms with Gasteiger partial charge in [-0.05, 0) is 0 Å². The number of amides is 1. The number of aliphatic hydroxyl groups is 4. The molecule has 0 saturated heterocycles. The molecule has 0 heterocycles. The molecule has 0 aliphatic carbocycles. The first kappa shape index (κ1) is 14.8. The van der Waals surface area contributed by atoms with E-state index in [9.17, 15) is 19.8 Å². The number of hydrogen-bond donors (Lipinski definition) is 6. The average molecular weight is 237 g/mol. The molecule has 0 aliphatic heterocycles. The number of aliphatic hydroxyl groups excluding tert-OH is 4. The fourth-order valence-electron chi connectivity index (χ4n) is 1.09. The highest BCUT2D eigenvalue weighted by molar-refractivity contribution is 5.77. The van der Waals surface area contributed by atoms with Gasteiger partial charge in [-0.2, -0.15) is 0 Å². The van der Waals surface area contributed by atoms with Gasteiger partial charge in [-0.15, -0.1) is 0 Å². The second kappa shape index (κ2) is 6.38. The SMILES string of the molecule is CC(=O)N[C@@H]([C@H](O)[C@H](O)CO)[C@@H](O)C(=O)O. The van der Waals surface area contributed by atoms with Crippen LogP contribution in [0, 0.1) is 0 Å². The van der Waals surface area contributed by atoms with Crippen molar-refractivity contribution in [2.45, 2.75) is 31.3 Å². The Kier molecular flexibility index (Phi) is 5.89. The summed E-state index contributed by atoms with van der Waals surface area (Å²) in [6.45, 7) is 0.225. The number of carboxylic acids is 1. The van der Waals surface area contributed by atoms with Crippen molar-refractivity contribution in [3.63, 3.8) is 0 Å². The zero-order valence-electron chi connectivity index (χ0n) is 8.57. The van der Waals surface area contributed by atoms with Crippen molar-refractivity contribution in [1.29, 1.82) is 0 Å². The highest BCUT2D eigenvalue weighted by Gasteiger charge is 2.36. The monoisotopic (exact) mass is 237 g/mol. The molecule has 1 amide bonds. The number of rotatable bonds is 6. The molecule has 8 heteroatoms. The standard InChI is InChI=1S/C8H15NO7/c1-3(11)9-5(7(14)8(15)16)6(13)4(12)2-10/h4-7,10,12-14H,2H2,1H3,(H,9,11)(H,15,16)/t4-,5+,6-,7-/m1/s1. The van der Waals surface area contributed by atoms with Crippen LogP contribution in [-0.2, 0) is 9.59 Å². The fraction of sp³-hybridized carbons (Fsp3) is 0.750. The van der Waals surface area contributed by atoms with E-state index in [2.05, 4.69) is 0 Å². The van der Waals surface area contributed by atoms with Crippen LogP contribution in [-0.4, -0.2) is 68.4 Å². The van der Waals surface area contributed by atoms with E-state index in [1.54, 1.807) is 0 Å². The van der Waals surface area contributed by atoms with Crippen molar-refractivity contribution >= 4 is 11.9 Å². The molecule has 4 atom stereocenters. The molecule has 0 aliphatic rings. The molecule has 0 aromatic rings. The number of aliphatic carboxylic acids is 1. The molecule has 0 saturated carbocycles. The second-order valence-corrected chi connectivity index (χ2v) is 3.25. The van der Waals surface area contributed by atoms with Crippen molar-refractivity contribution in [3.05, 3.63) is 0 Å². The summed E-state index contributed by atoms with van der Waals surface area (Å²) in [5.41, 5.74) is 0. The second-order valence-electron chi connectivity index (χ2n) is 3.25. The topological polar surface area (TPSA) is 147 Å². The summed E-state index contributed by atoms with van der Waals surface area (Å²) >= 11 is 0. The van der Waals surface area contributed by atoms with E-state index in [1.807, 2.05) is 5.32 Å². The lowest BCUT2D eigenvalue weighted by Crippen LogP contribution is -2.57. The fourth-order valence-corrected chi connectivity index (χ4v) is 1.09. The summed E-state index contributed by atoms with van der Waals surface area (Å²) in [6.07, 6.45) is -5.54. The molecule has 16 heavy (non-hydrogen) atoms. The van der Waals surface area contributed by atoms with Crippen LogP contribution in [0.5, 0.6) is 0 Å². The number of carbonyl (C=O) groups excluding carboxylic acids is 1. The molecule has 0 aromatic carbocycles. The van der Waals surface area contributed by atoms with Gasteiger partial charge in [-0.25, -0.2) is 4.79 Å². The van der Waals surface area contributed by atoms with E-state index in [1.165, 1.54) is 0 Å².